The number of piperidine rings is 1. The van der Waals surface area contributed by atoms with Gasteiger partial charge in [0.2, 0.25) is 0 Å². The predicted octanol–water partition coefficient (Wildman–Crippen LogP) is 1.30. The maximum atomic E-state index is 12.4. The Morgan fingerprint density at radius 2 is 2.25 bits per heavy atom. The van der Waals surface area contributed by atoms with Crippen LogP contribution in [0.5, 0.6) is 0 Å². The summed E-state index contributed by atoms with van der Waals surface area (Å²) in [6, 6.07) is 5.51. The van der Waals surface area contributed by atoms with E-state index in [1.165, 1.54) is 7.11 Å². The Hall–Kier alpha value is -1.88. The Kier molecular flexibility index (Phi) is 5.12. The molecular formula is C15H20N2O3. The van der Waals surface area contributed by atoms with E-state index in [0.717, 1.165) is 12.8 Å². The Bertz CT molecular complexity index is 465. The molecule has 108 valence electrons. The van der Waals surface area contributed by atoms with Gasteiger partial charge in [0.25, 0.3) is 5.91 Å². The zero-order valence-corrected chi connectivity index (χ0v) is 11.7. The molecular weight excluding hydrogens is 256 g/mol. The highest BCUT2D eigenvalue weighted by molar-refractivity contribution is 5.95. The average molecular weight is 276 g/mol. The van der Waals surface area contributed by atoms with E-state index < -0.39 is 0 Å². The molecule has 2 heterocycles. The summed E-state index contributed by atoms with van der Waals surface area (Å²) in [6.07, 6.45) is 5.00. The van der Waals surface area contributed by atoms with Crippen LogP contribution in [0, 0.1) is 5.92 Å². The summed E-state index contributed by atoms with van der Waals surface area (Å²) in [6.45, 7) is 1.52. The summed E-state index contributed by atoms with van der Waals surface area (Å²) >= 11 is 0. The summed E-state index contributed by atoms with van der Waals surface area (Å²) in [7, 11) is 1.49. The summed E-state index contributed by atoms with van der Waals surface area (Å²) in [5.74, 6) is 0.491. The molecule has 0 atom stereocenters. The molecule has 1 N–H and O–H groups in total. The molecule has 2 rings (SSSR count). The molecule has 1 amide bonds. The van der Waals surface area contributed by atoms with Crippen LogP contribution in [0.4, 0.5) is 0 Å². The molecule has 5 heteroatoms. The lowest BCUT2D eigenvalue weighted by atomic mass is 9.98. The molecule has 0 aliphatic carbocycles. The van der Waals surface area contributed by atoms with Crippen LogP contribution in [0.25, 0.3) is 6.08 Å². The van der Waals surface area contributed by atoms with Crippen molar-refractivity contribution in [3.8, 4) is 0 Å². The summed E-state index contributed by atoms with van der Waals surface area (Å²) in [5, 5.41) is 9.12. The molecule has 1 aromatic rings. The number of rotatable bonds is 4. The van der Waals surface area contributed by atoms with E-state index in [9.17, 15) is 4.79 Å². The van der Waals surface area contributed by atoms with Gasteiger partial charge in [-0.25, -0.2) is 0 Å². The molecule has 0 aromatic carbocycles. The van der Waals surface area contributed by atoms with Crippen LogP contribution in [0.15, 0.2) is 30.2 Å². The van der Waals surface area contributed by atoms with Crippen LogP contribution in [0.3, 0.4) is 0 Å². The highest BCUT2D eigenvalue weighted by Crippen LogP contribution is 2.19. The highest BCUT2D eigenvalue weighted by Gasteiger charge is 2.25. The third kappa shape index (κ3) is 3.57. The zero-order chi connectivity index (χ0) is 14.4. The number of methoxy groups -OCH3 is 1. The zero-order valence-electron chi connectivity index (χ0n) is 11.7. The lowest BCUT2D eigenvalue weighted by Crippen LogP contribution is -2.40. The minimum absolute atomic E-state index is 0.116. The molecule has 0 bridgehead atoms. The van der Waals surface area contributed by atoms with E-state index >= 15 is 0 Å². The number of nitrogens with zero attached hydrogens (tertiary/aromatic N) is 2. The Balaban J connectivity index is 2.05. The molecule has 1 aliphatic heterocycles. The largest absolute Gasteiger partial charge is 0.491 e. The number of hydrogen-bond donors (Lipinski definition) is 1. The summed E-state index contributed by atoms with van der Waals surface area (Å²) in [4.78, 5) is 18.3. The fourth-order valence-corrected chi connectivity index (χ4v) is 2.28. The molecule has 20 heavy (non-hydrogen) atoms. The fraction of sp³-hybridized carbons (Fsp3) is 0.467. The standard InChI is InChI=1S/C15H20N2O3/c1-20-14(10-13-4-2-3-7-16-13)15(19)17-8-5-12(11-18)6-9-17/h2-4,7,10,12,18H,5-6,8-9,11H2,1H3/b14-10+. The minimum atomic E-state index is -0.116. The Morgan fingerprint density at radius 3 is 2.80 bits per heavy atom. The van der Waals surface area contributed by atoms with Gasteiger partial charge in [-0.1, -0.05) is 6.07 Å². The lowest BCUT2D eigenvalue weighted by molar-refractivity contribution is -0.131. The number of carbonyl (C=O) groups is 1. The first kappa shape index (κ1) is 14.5. The number of aliphatic hydroxyl groups is 1. The van der Waals surface area contributed by atoms with Gasteiger partial charge in [0.15, 0.2) is 5.76 Å². The third-order valence-corrected chi connectivity index (χ3v) is 3.56. The van der Waals surface area contributed by atoms with Crippen molar-refractivity contribution in [2.75, 3.05) is 26.8 Å². The van der Waals surface area contributed by atoms with Gasteiger partial charge >= 0.3 is 0 Å². The van der Waals surface area contributed by atoms with E-state index in [1.807, 2.05) is 18.2 Å². The van der Waals surface area contributed by atoms with Crippen LogP contribution in [0.1, 0.15) is 18.5 Å². The number of ether oxygens (including phenoxy) is 1. The topological polar surface area (TPSA) is 62.7 Å². The van der Waals surface area contributed by atoms with Crippen molar-refractivity contribution in [2.24, 2.45) is 5.92 Å². The van der Waals surface area contributed by atoms with E-state index in [4.69, 9.17) is 9.84 Å². The number of pyridine rings is 1. The van der Waals surface area contributed by atoms with Gasteiger partial charge in [0, 0.05) is 32.0 Å². The van der Waals surface area contributed by atoms with Gasteiger partial charge in [-0.2, -0.15) is 0 Å². The molecule has 0 spiro atoms. The molecule has 0 unspecified atom stereocenters. The monoisotopic (exact) mass is 276 g/mol. The molecule has 5 nitrogen and oxygen atoms in total. The SMILES string of the molecule is CO/C(=C/c1ccccn1)C(=O)N1CCC(CO)CC1. The maximum Gasteiger partial charge on any atom is 0.288 e. The Labute approximate surface area is 118 Å². The van der Waals surface area contributed by atoms with Crippen molar-refractivity contribution >= 4 is 12.0 Å². The van der Waals surface area contributed by atoms with E-state index in [1.54, 1.807) is 17.2 Å². The number of aromatic nitrogens is 1. The van der Waals surface area contributed by atoms with E-state index in [2.05, 4.69) is 4.98 Å². The minimum Gasteiger partial charge on any atom is -0.491 e. The van der Waals surface area contributed by atoms with Gasteiger partial charge in [-0.15, -0.1) is 0 Å². The fourth-order valence-electron chi connectivity index (χ4n) is 2.28. The van der Waals surface area contributed by atoms with E-state index in [-0.39, 0.29) is 12.5 Å². The molecule has 1 saturated heterocycles. The first-order valence-electron chi connectivity index (χ1n) is 6.81. The van der Waals surface area contributed by atoms with Crippen molar-refractivity contribution in [1.29, 1.82) is 0 Å². The van der Waals surface area contributed by atoms with Gasteiger partial charge in [0.1, 0.15) is 0 Å². The number of carbonyl (C=O) groups excluding carboxylic acids is 1. The van der Waals surface area contributed by atoms with Crippen molar-refractivity contribution in [1.82, 2.24) is 9.88 Å². The third-order valence-electron chi connectivity index (χ3n) is 3.56. The summed E-state index contributed by atoms with van der Waals surface area (Å²) < 4.78 is 5.20. The molecule has 1 aliphatic rings. The number of hydrogen-bond acceptors (Lipinski definition) is 4. The second-order valence-electron chi connectivity index (χ2n) is 4.89. The van der Waals surface area contributed by atoms with Crippen LogP contribution in [-0.2, 0) is 9.53 Å². The molecule has 0 radical (unpaired) electrons. The number of likely N-dealkylation sites (tertiary alicyclic amines) is 1. The van der Waals surface area contributed by atoms with Crippen LogP contribution in [0.2, 0.25) is 0 Å². The van der Waals surface area contributed by atoms with Crippen LogP contribution in [-0.4, -0.2) is 47.7 Å². The smallest absolute Gasteiger partial charge is 0.288 e. The molecule has 1 aromatic heterocycles. The number of aliphatic hydroxyl groups excluding tert-OH is 1. The highest BCUT2D eigenvalue weighted by atomic mass is 16.5. The number of amides is 1. The summed E-state index contributed by atoms with van der Waals surface area (Å²) in [5.41, 5.74) is 0.697. The van der Waals surface area contributed by atoms with Crippen molar-refractivity contribution in [3.63, 3.8) is 0 Å². The van der Waals surface area contributed by atoms with Crippen molar-refractivity contribution in [3.05, 3.63) is 35.8 Å². The first-order valence-corrected chi connectivity index (χ1v) is 6.81. The van der Waals surface area contributed by atoms with Crippen LogP contribution >= 0.6 is 0 Å². The average Bonchev–Trinajstić information content (AvgIpc) is 2.53. The van der Waals surface area contributed by atoms with Gasteiger partial charge in [-0.05, 0) is 30.9 Å². The van der Waals surface area contributed by atoms with Gasteiger partial charge in [-0.3, -0.25) is 9.78 Å². The first-order chi connectivity index (χ1) is 9.74. The Morgan fingerprint density at radius 1 is 1.50 bits per heavy atom. The maximum absolute atomic E-state index is 12.4. The lowest BCUT2D eigenvalue weighted by Gasteiger charge is -2.31. The second-order valence-corrected chi connectivity index (χ2v) is 4.89. The van der Waals surface area contributed by atoms with E-state index in [0.29, 0.717) is 30.5 Å². The van der Waals surface area contributed by atoms with Crippen molar-refractivity contribution in [2.45, 2.75) is 12.8 Å². The predicted molar refractivity (Wildman–Crippen MR) is 75.6 cm³/mol. The molecule has 1 fully saturated rings. The molecule has 0 saturated carbocycles. The normalized spacial score (nSPS) is 17.1. The van der Waals surface area contributed by atoms with Gasteiger partial charge in [0.05, 0.1) is 12.8 Å². The second kappa shape index (κ2) is 7.05. The quantitative estimate of drug-likeness (QED) is 0.665. The van der Waals surface area contributed by atoms with Gasteiger partial charge < -0.3 is 14.7 Å². The van der Waals surface area contributed by atoms with Crippen LogP contribution < -0.4 is 0 Å². The van der Waals surface area contributed by atoms with Crippen molar-refractivity contribution < 1.29 is 14.6 Å².